The highest BCUT2D eigenvalue weighted by molar-refractivity contribution is 9.10. The zero-order valence-electron chi connectivity index (χ0n) is 7.92. The number of aromatic nitrogens is 1. The molecule has 4 heteroatoms. The molecule has 3 nitrogen and oxygen atoms in total. The lowest BCUT2D eigenvalue weighted by Gasteiger charge is -2.11. The van der Waals surface area contributed by atoms with Gasteiger partial charge in [-0.3, -0.25) is 0 Å². The highest BCUT2D eigenvalue weighted by atomic mass is 79.9. The van der Waals surface area contributed by atoms with Gasteiger partial charge in [0.1, 0.15) is 4.60 Å². The van der Waals surface area contributed by atoms with Crippen molar-refractivity contribution < 1.29 is 0 Å². The Morgan fingerprint density at radius 1 is 1.54 bits per heavy atom. The normalized spacial score (nSPS) is 10.5. The van der Waals surface area contributed by atoms with Crippen molar-refractivity contribution in [3.63, 3.8) is 0 Å². The Morgan fingerprint density at radius 2 is 2.31 bits per heavy atom. The third kappa shape index (κ3) is 3.74. The molecule has 72 valence electrons. The van der Waals surface area contributed by atoms with Crippen LogP contribution in [-0.2, 0) is 0 Å². The Kier molecular flexibility index (Phi) is 4.18. The van der Waals surface area contributed by atoms with Crippen LogP contribution in [0.2, 0.25) is 0 Å². The van der Waals surface area contributed by atoms with E-state index >= 15 is 0 Å². The van der Waals surface area contributed by atoms with Crippen molar-refractivity contribution in [1.82, 2.24) is 9.88 Å². The van der Waals surface area contributed by atoms with Crippen LogP contribution in [-0.4, -0.2) is 37.1 Å². The lowest BCUT2D eigenvalue weighted by Crippen LogP contribution is -2.20. The second kappa shape index (κ2) is 5.19. The highest BCUT2D eigenvalue weighted by Gasteiger charge is 1.97. The molecule has 1 heterocycles. The van der Waals surface area contributed by atoms with Gasteiger partial charge in [-0.15, -0.1) is 0 Å². The molecule has 13 heavy (non-hydrogen) atoms. The molecule has 0 aliphatic carbocycles. The van der Waals surface area contributed by atoms with Crippen LogP contribution < -0.4 is 5.32 Å². The average Bonchev–Trinajstić information content (AvgIpc) is 2.08. The summed E-state index contributed by atoms with van der Waals surface area (Å²) in [7, 11) is 4.11. The molecular formula is C9H14BrN3. The fraction of sp³-hybridized carbons (Fsp3) is 0.444. The van der Waals surface area contributed by atoms with Gasteiger partial charge in [0.2, 0.25) is 0 Å². The molecule has 0 atom stereocenters. The van der Waals surface area contributed by atoms with E-state index in [2.05, 4.69) is 45.2 Å². The average molecular weight is 244 g/mol. The number of likely N-dealkylation sites (N-methyl/N-ethyl adjacent to an activating group) is 1. The summed E-state index contributed by atoms with van der Waals surface area (Å²) in [5.74, 6) is 0. The smallest absolute Gasteiger partial charge is 0.129 e. The van der Waals surface area contributed by atoms with Crippen LogP contribution >= 0.6 is 15.9 Å². The van der Waals surface area contributed by atoms with Crippen LogP contribution in [0.4, 0.5) is 5.69 Å². The van der Waals surface area contributed by atoms with Gasteiger partial charge in [0, 0.05) is 19.3 Å². The van der Waals surface area contributed by atoms with Crippen molar-refractivity contribution in [2.24, 2.45) is 0 Å². The first-order valence-electron chi connectivity index (χ1n) is 4.19. The van der Waals surface area contributed by atoms with Crippen LogP contribution in [0.3, 0.4) is 0 Å². The summed E-state index contributed by atoms with van der Waals surface area (Å²) in [5, 5.41) is 3.29. The van der Waals surface area contributed by atoms with E-state index < -0.39 is 0 Å². The van der Waals surface area contributed by atoms with E-state index in [0.29, 0.717) is 0 Å². The summed E-state index contributed by atoms with van der Waals surface area (Å²) in [6.07, 6.45) is 1.77. The molecule has 0 unspecified atom stereocenters. The molecular weight excluding hydrogens is 230 g/mol. The van der Waals surface area contributed by atoms with Gasteiger partial charge in [0.25, 0.3) is 0 Å². The van der Waals surface area contributed by atoms with E-state index in [-0.39, 0.29) is 0 Å². The van der Waals surface area contributed by atoms with Crippen LogP contribution in [0.15, 0.2) is 22.9 Å². The number of nitrogens with one attached hydrogen (secondary N) is 1. The van der Waals surface area contributed by atoms with E-state index in [4.69, 9.17) is 0 Å². The minimum Gasteiger partial charge on any atom is -0.382 e. The molecule has 0 aliphatic rings. The Labute approximate surface area is 87.3 Å². The topological polar surface area (TPSA) is 28.2 Å². The first-order valence-corrected chi connectivity index (χ1v) is 4.98. The molecule has 0 amide bonds. The molecule has 1 N–H and O–H groups in total. The van der Waals surface area contributed by atoms with Crippen molar-refractivity contribution in [3.05, 3.63) is 22.9 Å². The molecule has 1 rings (SSSR count). The minimum absolute atomic E-state index is 0.869. The van der Waals surface area contributed by atoms with Gasteiger partial charge < -0.3 is 10.2 Å². The van der Waals surface area contributed by atoms with E-state index in [9.17, 15) is 0 Å². The van der Waals surface area contributed by atoms with Crippen molar-refractivity contribution in [3.8, 4) is 0 Å². The van der Waals surface area contributed by atoms with E-state index in [1.54, 1.807) is 6.20 Å². The molecule has 0 aliphatic heterocycles. The molecule has 0 spiro atoms. The maximum atomic E-state index is 4.12. The van der Waals surface area contributed by atoms with Crippen molar-refractivity contribution in [2.45, 2.75) is 0 Å². The zero-order chi connectivity index (χ0) is 9.68. The summed E-state index contributed by atoms with van der Waals surface area (Å²) in [4.78, 5) is 6.25. The standard InChI is InChI=1S/C9H14BrN3/c1-13(2)7-6-11-8-4-3-5-12-9(8)10/h3-5,11H,6-7H2,1-2H3. The zero-order valence-corrected chi connectivity index (χ0v) is 9.50. The lowest BCUT2D eigenvalue weighted by atomic mass is 10.4. The van der Waals surface area contributed by atoms with Crippen molar-refractivity contribution in [2.75, 3.05) is 32.5 Å². The molecule has 0 saturated carbocycles. The predicted molar refractivity (Wildman–Crippen MR) is 59.0 cm³/mol. The van der Waals surface area contributed by atoms with Crippen molar-refractivity contribution in [1.29, 1.82) is 0 Å². The van der Waals surface area contributed by atoms with Gasteiger partial charge >= 0.3 is 0 Å². The van der Waals surface area contributed by atoms with Gasteiger partial charge in [0.15, 0.2) is 0 Å². The third-order valence-corrected chi connectivity index (χ3v) is 2.27. The van der Waals surface area contributed by atoms with Crippen LogP contribution in [0.25, 0.3) is 0 Å². The monoisotopic (exact) mass is 243 g/mol. The van der Waals surface area contributed by atoms with Crippen LogP contribution in [0, 0.1) is 0 Å². The SMILES string of the molecule is CN(C)CCNc1cccnc1Br. The van der Waals surface area contributed by atoms with Crippen molar-refractivity contribution >= 4 is 21.6 Å². The lowest BCUT2D eigenvalue weighted by molar-refractivity contribution is 0.425. The third-order valence-electron chi connectivity index (χ3n) is 1.63. The maximum Gasteiger partial charge on any atom is 0.129 e. The number of rotatable bonds is 4. The first-order chi connectivity index (χ1) is 6.20. The molecule has 0 radical (unpaired) electrons. The Morgan fingerprint density at radius 3 is 2.92 bits per heavy atom. The predicted octanol–water partition coefficient (Wildman–Crippen LogP) is 1.82. The molecule has 0 aromatic carbocycles. The fourth-order valence-electron chi connectivity index (χ4n) is 0.932. The summed E-state index contributed by atoms with van der Waals surface area (Å²) < 4.78 is 0.869. The van der Waals surface area contributed by atoms with Crippen LogP contribution in [0.5, 0.6) is 0 Å². The Balaban J connectivity index is 2.41. The minimum atomic E-state index is 0.869. The molecule has 1 aromatic heterocycles. The second-order valence-electron chi connectivity index (χ2n) is 3.07. The largest absolute Gasteiger partial charge is 0.382 e. The summed E-state index contributed by atoms with van der Waals surface area (Å²) in [6.45, 7) is 1.94. The van der Waals surface area contributed by atoms with Gasteiger partial charge in [-0.05, 0) is 42.2 Å². The number of pyridine rings is 1. The van der Waals surface area contributed by atoms with Crippen LogP contribution in [0.1, 0.15) is 0 Å². The van der Waals surface area contributed by atoms with Gasteiger partial charge in [-0.2, -0.15) is 0 Å². The van der Waals surface area contributed by atoms with Gasteiger partial charge in [-0.1, -0.05) is 0 Å². The van der Waals surface area contributed by atoms with E-state index in [0.717, 1.165) is 23.4 Å². The van der Waals surface area contributed by atoms with E-state index in [1.165, 1.54) is 0 Å². The molecule has 0 saturated heterocycles. The number of anilines is 1. The Hall–Kier alpha value is -0.610. The quantitative estimate of drug-likeness (QED) is 0.819. The van der Waals surface area contributed by atoms with Gasteiger partial charge in [0.05, 0.1) is 5.69 Å². The number of hydrogen-bond donors (Lipinski definition) is 1. The maximum absolute atomic E-state index is 4.12. The summed E-state index contributed by atoms with van der Waals surface area (Å²) >= 11 is 3.38. The number of nitrogens with zero attached hydrogens (tertiary/aromatic N) is 2. The molecule has 0 fully saturated rings. The second-order valence-corrected chi connectivity index (χ2v) is 3.82. The number of hydrogen-bond acceptors (Lipinski definition) is 3. The van der Waals surface area contributed by atoms with E-state index in [1.807, 2.05) is 12.1 Å². The summed E-state index contributed by atoms with van der Waals surface area (Å²) in [6, 6.07) is 3.93. The van der Waals surface area contributed by atoms with Gasteiger partial charge in [-0.25, -0.2) is 4.98 Å². The highest BCUT2D eigenvalue weighted by Crippen LogP contribution is 2.17. The number of halogens is 1. The summed E-state index contributed by atoms with van der Waals surface area (Å²) in [5.41, 5.74) is 1.05. The fourth-order valence-corrected chi connectivity index (χ4v) is 1.32. The molecule has 1 aromatic rings. The first kappa shape index (κ1) is 10.5. The molecule has 0 bridgehead atoms. The Bertz CT molecular complexity index is 263.